The molecule has 2 aromatic rings. The second kappa shape index (κ2) is 8.46. The highest BCUT2D eigenvalue weighted by Gasteiger charge is 2.30. The molecule has 28 heavy (non-hydrogen) atoms. The lowest BCUT2D eigenvalue weighted by Gasteiger charge is -2.27. The molecular weight excluding hydrogens is 400 g/mol. The Morgan fingerprint density at radius 2 is 2.00 bits per heavy atom. The first-order chi connectivity index (χ1) is 13.4. The molecule has 0 fully saturated rings. The zero-order valence-electron chi connectivity index (χ0n) is 14.8. The molecule has 1 aliphatic rings. The van der Waals surface area contributed by atoms with Gasteiger partial charge < -0.3 is 9.64 Å². The van der Waals surface area contributed by atoms with Crippen LogP contribution in [0.3, 0.4) is 0 Å². The van der Waals surface area contributed by atoms with Crippen molar-refractivity contribution < 1.29 is 17.9 Å². The lowest BCUT2D eigenvalue weighted by atomic mass is 10.2. The van der Waals surface area contributed by atoms with Crippen molar-refractivity contribution in [1.82, 2.24) is 4.90 Å². The van der Waals surface area contributed by atoms with E-state index in [1.165, 1.54) is 23.1 Å². The van der Waals surface area contributed by atoms with Crippen molar-refractivity contribution in [2.24, 2.45) is 0 Å². The number of hydrogen-bond acceptors (Lipinski definition) is 5. The maximum Gasteiger partial charge on any atom is 0.261 e. The molecule has 0 saturated heterocycles. The number of ether oxygens (including phenoxy) is 1. The quantitative estimate of drug-likeness (QED) is 0.722. The van der Waals surface area contributed by atoms with E-state index >= 15 is 0 Å². The normalized spacial score (nSPS) is 17.1. The molecule has 0 N–H and O–H groups in total. The minimum atomic E-state index is -3.31. The van der Waals surface area contributed by atoms with E-state index < -0.39 is 15.9 Å². The molecule has 0 bridgehead atoms. The van der Waals surface area contributed by atoms with Crippen molar-refractivity contribution >= 4 is 27.3 Å². The average molecular weight is 417 g/mol. The van der Waals surface area contributed by atoms with Gasteiger partial charge in [0.25, 0.3) is 5.91 Å². The monoisotopic (exact) mass is 416 g/mol. The summed E-state index contributed by atoms with van der Waals surface area (Å²) < 4.78 is 29.1. The van der Waals surface area contributed by atoms with Gasteiger partial charge in [-0.2, -0.15) is 5.26 Å². The number of sulfone groups is 1. The second-order valence-electron chi connectivity index (χ2n) is 6.28. The summed E-state index contributed by atoms with van der Waals surface area (Å²) in [6.45, 7) is -0.0441. The number of nitrogens with zero attached hydrogens (tertiary/aromatic N) is 2. The fourth-order valence-electron chi connectivity index (χ4n) is 2.83. The summed E-state index contributed by atoms with van der Waals surface area (Å²) in [7, 11) is -3.31. The predicted molar refractivity (Wildman–Crippen MR) is 105 cm³/mol. The van der Waals surface area contributed by atoms with Gasteiger partial charge in [0.2, 0.25) is 0 Å². The van der Waals surface area contributed by atoms with Crippen LogP contribution in [-0.4, -0.2) is 37.6 Å². The molecule has 1 amide bonds. The van der Waals surface area contributed by atoms with Crippen LogP contribution in [0.4, 0.5) is 0 Å². The highest BCUT2D eigenvalue weighted by molar-refractivity contribution is 7.94. The van der Waals surface area contributed by atoms with Gasteiger partial charge in [-0.15, -0.1) is 0 Å². The predicted octanol–water partition coefficient (Wildman–Crippen LogP) is 2.93. The summed E-state index contributed by atoms with van der Waals surface area (Å²) in [6, 6.07) is 15.2. The number of amides is 1. The standard InChI is InChI=1S/C20H17ClN2O4S/c21-18-10-16(11-22)6-7-19(18)27-13-20(24)23(12-15-4-2-1-3-5-15)17-8-9-28(25,26)14-17/h1-10,17H,12-14H2/t17-/m0/s1. The fraction of sp³-hybridized carbons (Fsp3) is 0.200. The zero-order valence-corrected chi connectivity index (χ0v) is 16.4. The lowest BCUT2D eigenvalue weighted by molar-refractivity contribution is -0.135. The number of carbonyl (C=O) groups is 1. The van der Waals surface area contributed by atoms with E-state index in [1.807, 2.05) is 36.4 Å². The third-order valence-corrected chi connectivity index (χ3v) is 5.91. The van der Waals surface area contributed by atoms with E-state index in [2.05, 4.69) is 0 Å². The highest BCUT2D eigenvalue weighted by Crippen LogP contribution is 2.25. The van der Waals surface area contributed by atoms with Crippen molar-refractivity contribution in [2.45, 2.75) is 12.6 Å². The summed E-state index contributed by atoms with van der Waals surface area (Å²) >= 11 is 6.07. The van der Waals surface area contributed by atoms with Crippen LogP contribution >= 0.6 is 11.6 Å². The molecule has 144 valence electrons. The van der Waals surface area contributed by atoms with Crippen LogP contribution in [-0.2, 0) is 21.2 Å². The Morgan fingerprint density at radius 3 is 2.61 bits per heavy atom. The first-order valence-corrected chi connectivity index (χ1v) is 10.5. The molecular formula is C20H17ClN2O4S. The summed E-state index contributed by atoms with van der Waals surface area (Å²) in [5, 5.41) is 10.2. The Kier molecular flexibility index (Phi) is 6.02. The van der Waals surface area contributed by atoms with Crippen molar-refractivity contribution in [1.29, 1.82) is 5.26 Å². The van der Waals surface area contributed by atoms with Crippen molar-refractivity contribution in [3.8, 4) is 11.8 Å². The third-order valence-electron chi connectivity index (χ3n) is 4.24. The largest absolute Gasteiger partial charge is 0.482 e. The molecule has 2 aromatic carbocycles. The van der Waals surface area contributed by atoms with Crippen molar-refractivity contribution in [3.05, 3.63) is 76.2 Å². The zero-order chi connectivity index (χ0) is 20.1. The van der Waals surface area contributed by atoms with Gasteiger partial charge >= 0.3 is 0 Å². The SMILES string of the molecule is N#Cc1ccc(OCC(=O)N(Cc2ccccc2)[C@H]2C=CS(=O)(=O)C2)c(Cl)c1. The highest BCUT2D eigenvalue weighted by atomic mass is 35.5. The number of halogens is 1. The van der Waals surface area contributed by atoms with E-state index in [4.69, 9.17) is 21.6 Å². The molecule has 1 atom stereocenters. The van der Waals surface area contributed by atoms with Gasteiger partial charge in [-0.1, -0.05) is 41.9 Å². The summed E-state index contributed by atoms with van der Waals surface area (Å²) in [5.74, 6) is -0.234. The fourth-order valence-corrected chi connectivity index (χ4v) is 4.37. The first kappa shape index (κ1) is 19.9. The van der Waals surface area contributed by atoms with E-state index in [9.17, 15) is 13.2 Å². The number of rotatable bonds is 6. The van der Waals surface area contributed by atoms with E-state index in [1.54, 1.807) is 6.07 Å². The molecule has 8 heteroatoms. The van der Waals surface area contributed by atoms with Crippen LogP contribution in [0, 0.1) is 11.3 Å². The number of benzene rings is 2. The van der Waals surface area contributed by atoms with Crippen molar-refractivity contribution in [2.75, 3.05) is 12.4 Å². The average Bonchev–Trinajstić information content (AvgIpc) is 3.05. The maximum absolute atomic E-state index is 12.8. The maximum atomic E-state index is 12.8. The number of nitriles is 1. The van der Waals surface area contributed by atoms with Gasteiger partial charge in [-0.3, -0.25) is 4.79 Å². The third kappa shape index (κ3) is 4.91. The van der Waals surface area contributed by atoms with Gasteiger partial charge in [-0.05, 0) is 29.8 Å². The Labute approximate surface area is 168 Å². The molecule has 3 rings (SSSR count). The summed E-state index contributed by atoms with van der Waals surface area (Å²) in [5.41, 5.74) is 1.26. The summed E-state index contributed by atoms with van der Waals surface area (Å²) in [6.07, 6.45) is 1.52. The van der Waals surface area contributed by atoms with Crippen LogP contribution in [0.1, 0.15) is 11.1 Å². The van der Waals surface area contributed by atoms with Gasteiger partial charge in [0.05, 0.1) is 28.5 Å². The van der Waals surface area contributed by atoms with Gasteiger partial charge in [0, 0.05) is 12.0 Å². The molecule has 6 nitrogen and oxygen atoms in total. The number of hydrogen-bond donors (Lipinski definition) is 0. The first-order valence-electron chi connectivity index (χ1n) is 8.45. The van der Waals surface area contributed by atoms with E-state index in [-0.39, 0.29) is 35.6 Å². The van der Waals surface area contributed by atoms with E-state index in [0.717, 1.165) is 11.0 Å². The van der Waals surface area contributed by atoms with Crippen LogP contribution in [0.25, 0.3) is 0 Å². The second-order valence-corrected chi connectivity index (χ2v) is 8.62. The Balaban J connectivity index is 1.75. The summed E-state index contributed by atoms with van der Waals surface area (Å²) in [4.78, 5) is 14.3. The molecule has 0 spiro atoms. The number of carbonyl (C=O) groups excluding carboxylic acids is 1. The van der Waals surface area contributed by atoms with Gasteiger partial charge in [-0.25, -0.2) is 8.42 Å². The molecule has 0 aromatic heterocycles. The molecule has 0 radical (unpaired) electrons. The van der Waals surface area contributed by atoms with Crippen LogP contribution in [0.2, 0.25) is 5.02 Å². The van der Waals surface area contributed by atoms with Crippen LogP contribution in [0.5, 0.6) is 5.75 Å². The Hall–Kier alpha value is -2.82. The van der Waals surface area contributed by atoms with Crippen molar-refractivity contribution in [3.63, 3.8) is 0 Å². The van der Waals surface area contributed by atoms with Gasteiger partial charge in [0.15, 0.2) is 16.4 Å². The molecule has 0 aliphatic carbocycles. The van der Waals surface area contributed by atoms with Crippen LogP contribution < -0.4 is 4.74 Å². The Morgan fingerprint density at radius 1 is 1.25 bits per heavy atom. The minimum Gasteiger partial charge on any atom is -0.482 e. The topological polar surface area (TPSA) is 87.5 Å². The van der Waals surface area contributed by atoms with Crippen LogP contribution in [0.15, 0.2) is 60.0 Å². The molecule has 0 saturated carbocycles. The smallest absolute Gasteiger partial charge is 0.261 e. The minimum absolute atomic E-state index is 0.150. The molecule has 1 heterocycles. The van der Waals surface area contributed by atoms with E-state index in [0.29, 0.717) is 5.56 Å². The van der Waals surface area contributed by atoms with Gasteiger partial charge in [0.1, 0.15) is 5.75 Å². The molecule has 1 aliphatic heterocycles. The Bertz CT molecular complexity index is 1050. The molecule has 0 unspecified atom stereocenters. The lowest BCUT2D eigenvalue weighted by Crippen LogP contribution is -2.42.